The van der Waals surface area contributed by atoms with E-state index in [1.54, 1.807) is 18.0 Å². The highest BCUT2D eigenvalue weighted by Gasteiger charge is 2.12. The minimum atomic E-state index is -0.296. The van der Waals surface area contributed by atoms with E-state index in [0.29, 0.717) is 12.2 Å². The first-order valence-electron chi connectivity index (χ1n) is 5.62. The number of halogens is 1. The summed E-state index contributed by atoms with van der Waals surface area (Å²) in [5.41, 5.74) is 1.25. The van der Waals surface area contributed by atoms with Gasteiger partial charge in [0.1, 0.15) is 11.7 Å². The number of amidine groups is 1. The van der Waals surface area contributed by atoms with Crippen molar-refractivity contribution in [3.05, 3.63) is 29.6 Å². The number of likely N-dealkylation sites (N-methyl/N-ethyl adjacent to an activating group) is 1. The minimum absolute atomic E-state index is 0.00591. The van der Waals surface area contributed by atoms with Crippen LogP contribution in [0.25, 0.3) is 0 Å². The fourth-order valence-electron chi connectivity index (χ4n) is 1.83. The SMILES string of the molecule is CN(CCO)c1ccc(C2=NCCN2)cc1F. The zero-order valence-corrected chi connectivity index (χ0v) is 9.78. The number of nitrogens with one attached hydrogen (secondary N) is 1. The zero-order chi connectivity index (χ0) is 12.3. The second-order valence-electron chi connectivity index (χ2n) is 3.97. The van der Waals surface area contributed by atoms with Crippen molar-refractivity contribution in [3.63, 3.8) is 0 Å². The van der Waals surface area contributed by atoms with Crippen LogP contribution in [0.5, 0.6) is 0 Å². The van der Waals surface area contributed by atoms with Crippen LogP contribution in [-0.4, -0.2) is 44.2 Å². The Balaban J connectivity index is 2.22. The van der Waals surface area contributed by atoms with Gasteiger partial charge in [-0.25, -0.2) is 4.39 Å². The number of hydrogen-bond donors (Lipinski definition) is 2. The maximum Gasteiger partial charge on any atom is 0.147 e. The lowest BCUT2D eigenvalue weighted by Gasteiger charge is -2.19. The number of rotatable bonds is 4. The van der Waals surface area contributed by atoms with Crippen molar-refractivity contribution in [2.75, 3.05) is 38.2 Å². The van der Waals surface area contributed by atoms with Gasteiger partial charge in [-0.3, -0.25) is 4.99 Å². The first kappa shape index (κ1) is 11.9. The molecule has 0 amide bonds. The summed E-state index contributed by atoms with van der Waals surface area (Å²) in [5, 5.41) is 11.9. The molecule has 1 aliphatic heterocycles. The Morgan fingerprint density at radius 1 is 1.53 bits per heavy atom. The Kier molecular flexibility index (Phi) is 3.58. The highest BCUT2D eigenvalue weighted by molar-refractivity contribution is 6.00. The summed E-state index contributed by atoms with van der Waals surface area (Å²) in [7, 11) is 1.75. The molecule has 17 heavy (non-hydrogen) atoms. The number of nitrogens with zero attached hydrogens (tertiary/aromatic N) is 2. The van der Waals surface area contributed by atoms with Gasteiger partial charge in [-0.2, -0.15) is 0 Å². The van der Waals surface area contributed by atoms with Gasteiger partial charge in [-0.1, -0.05) is 0 Å². The van der Waals surface area contributed by atoms with E-state index in [2.05, 4.69) is 10.3 Å². The smallest absolute Gasteiger partial charge is 0.147 e. The molecule has 0 fully saturated rings. The molecule has 0 spiro atoms. The standard InChI is InChI=1S/C12H16FN3O/c1-16(6-7-17)11-3-2-9(8-10(11)13)12-14-4-5-15-12/h2-3,8,17H,4-7H2,1H3,(H,14,15). The van der Waals surface area contributed by atoms with E-state index in [0.717, 1.165) is 24.5 Å². The Bertz CT molecular complexity index is 434. The quantitative estimate of drug-likeness (QED) is 0.806. The van der Waals surface area contributed by atoms with Crippen LogP contribution in [0.4, 0.5) is 10.1 Å². The first-order valence-corrected chi connectivity index (χ1v) is 5.62. The maximum atomic E-state index is 13.9. The van der Waals surface area contributed by atoms with E-state index in [1.807, 2.05) is 6.07 Å². The highest BCUT2D eigenvalue weighted by Crippen LogP contribution is 2.19. The van der Waals surface area contributed by atoms with E-state index in [9.17, 15) is 4.39 Å². The molecular formula is C12H16FN3O. The van der Waals surface area contributed by atoms with Crippen LogP contribution in [0.1, 0.15) is 5.56 Å². The lowest BCUT2D eigenvalue weighted by Crippen LogP contribution is -2.23. The molecule has 92 valence electrons. The van der Waals surface area contributed by atoms with Crippen LogP contribution >= 0.6 is 0 Å². The number of aliphatic imine (C=N–C) groups is 1. The Labute approximate surface area is 99.8 Å². The average molecular weight is 237 g/mol. The lowest BCUT2D eigenvalue weighted by atomic mass is 10.1. The van der Waals surface area contributed by atoms with Gasteiger partial charge in [0, 0.05) is 25.7 Å². The molecule has 1 aromatic rings. The first-order chi connectivity index (χ1) is 8.22. The second-order valence-corrected chi connectivity index (χ2v) is 3.97. The van der Waals surface area contributed by atoms with Crippen LogP contribution in [-0.2, 0) is 0 Å². The maximum absolute atomic E-state index is 13.9. The molecule has 0 atom stereocenters. The number of hydrogen-bond acceptors (Lipinski definition) is 4. The van der Waals surface area contributed by atoms with Gasteiger partial charge in [0.25, 0.3) is 0 Å². The van der Waals surface area contributed by atoms with Crippen molar-refractivity contribution in [3.8, 4) is 0 Å². The van der Waals surface area contributed by atoms with Crippen molar-refractivity contribution in [1.82, 2.24) is 5.32 Å². The normalized spacial score (nSPS) is 14.4. The van der Waals surface area contributed by atoms with Gasteiger partial charge < -0.3 is 15.3 Å². The molecular weight excluding hydrogens is 221 g/mol. The second kappa shape index (κ2) is 5.14. The summed E-state index contributed by atoms with van der Waals surface area (Å²) in [6, 6.07) is 5.02. The lowest BCUT2D eigenvalue weighted by molar-refractivity contribution is 0.304. The van der Waals surface area contributed by atoms with Crippen LogP contribution in [0.15, 0.2) is 23.2 Å². The molecule has 0 unspecified atom stereocenters. The molecule has 4 nitrogen and oxygen atoms in total. The molecule has 0 aromatic heterocycles. The van der Waals surface area contributed by atoms with Crippen molar-refractivity contribution in [2.24, 2.45) is 4.99 Å². The van der Waals surface area contributed by atoms with Crippen molar-refractivity contribution >= 4 is 11.5 Å². The summed E-state index contributed by atoms with van der Waals surface area (Å²) in [5.74, 6) is 0.454. The fourth-order valence-corrected chi connectivity index (χ4v) is 1.83. The summed E-state index contributed by atoms with van der Waals surface area (Å²) >= 11 is 0. The van der Waals surface area contributed by atoms with Gasteiger partial charge in [0.2, 0.25) is 0 Å². The van der Waals surface area contributed by atoms with E-state index < -0.39 is 0 Å². The van der Waals surface area contributed by atoms with Gasteiger partial charge in [-0.15, -0.1) is 0 Å². The van der Waals surface area contributed by atoms with Crippen molar-refractivity contribution in [1.29, 1.82) is 0 Å². The predicted octanol–water partition coefficient (Wildman–Crippen LogP) is 0.604. The van der Waals surface area contributed by atoms with Crippen molar-refractivity contribution < 1.29 is 9.50 Å². The third-order valence-electron chi connectivity index (χ3n) is 2.74. The van der Waals surface area contributed by atoms with Crippen LogP contribution < -0.4 is 10.2 Å². The average Bonchev–Trinajstić information content (AvgIpc) is 2.82. The third-order valence-corrected chi connectivity index (χ3v) is 2.74. The van der Waals surface area contributed by atoms with Gasteiger partial charge >= 0.3 is 0 Å². The molecule has 0 saturated heterocycles. The van der Waals surface area contributed by atoms with E-state index in [1.165, 1.54) is 6.07 Å². The van der Waals surface area contributed by atoms with Crippen LogP contribution in [0.2, 0.25) is 0 Å². The van der Waals surface area contributed by atoms with E-state index in [-0.39, 0.29) is 12.4 Å². The molecule has 1 heterocycles. The Morgan fingerprint density at radius 3 is 2.94 bits per heavy atom. The Hall–Kier alpha value is -1.62. The third kappa shape index (κ3) is 2.55. The van der Waals surface area contributed by atoms with Gasteiger partial charge in [0.15, 0.2) is 0 Å². The van der Waals surface area contributed by atoms with Crippen LogP contribution in [0.3, 0.4) is 0 Å². The fraction of sp³-hybridized carbons (Fsp3) is 0.417. The molecule has 1 aromatic carbocycles. The van der Waals surface area contributed by atoms with E-state index >= 15 is 0 Å². The monoisotopic (exact) mass is 237 g/mol. The molecule has 0 bridgehead atoms. The highest BCUT2D eigenvalue weighted by atomic mass is 19.1. The van der Waals surface area contributed by atoms with Gasteiger partial charge in [-0.05, 0) is 18.2 Å². The largest absolute Gasteiger partial charge is 0.395 e. The van der Waals surface area contributed by atoms with Crippen LogP contribution in [0, 0.1) is 5.82 Å². The Morgan fingerprint density at radius 2 is 2.35 bits per heavy atom. The summed E-state index contributed by atoms with van der Waals surface area (Å²) in [6.45, 7) is 1.97. The number of aliphatic hydroxyl groups excluding tert-OH is 1. The van der Waals surface area contributed by atoms with Gasteiger partial charge in [0.05, 0.1) is 18.8 Å². The summed E-state index contributed by atoms with van der Waals surface area (Å²) in [4.78, 5) is 5.93. The minimum Gasteiger partial charge on any atom is -0.395 e. The predicted molar refractivity (Wildman–Crippen MR) is 66.2 cm³/mol. The van der Waals surface area contributed by atoms with E-state index in [4.69, 9.17) is 5.11 Å². The molecule has 5 heteroatoms. The number of benzene rings is 1. The number of aliphatic hydroxyl groups is 1. The topological polar surface area (TPSA) is 47.9 Å². The van der Waals surface area contributed by atoms with Crippen molar-refractivity contribution in [2.45, 2.75) is 0 Å². The molecule has 2 N–H and O–H groups in total. The summed E-state index contributed by atoms with van der Waals surface area (Å²) in [6.07, 6.45) is 0. The molecule has 2 rings (SSSR count). The molecule has 0 radical (unpaired) electrons. The molecule has 0 aliphatic carbocycles. The number of anilines is 1. The molecule has 1 aliphatic rings. The summed E-state index contributed by atoms with van der Waals surface area (Å²) < 4.78 is 13.9. The zero-order valence-electron chi connectivity index (χ0n) is 9.78. The molecule has 0 saturated carbocycles.